The van der Waals surface area contributed by atoms with Crippen LogP contribution in [0.15, 0.2) is 0 Å². The van der Waals surface area contributed by atoms with E-state index < -0.39 is 12.3 Å². The van der Waals surface area contributed by atoms with Gasteiger partial charge in [-0.25, -0.2) is 0 Å². The smallest absolute Gasteiger partial charge is 0.369 e. The Hall–Kier alpha value is -0.290. The maximum Gasteiger partial charge on any atom is 0.414 e. The van der Waals surface area contributed by atoms with Crippen LogP contribution in [0.4, 0.5) is 13.2 Å². The summed E-state index contributed by atoms with van der Waals surface area (Å²) in [5.74, 6) is 0. The summed E-state index contributed by atoms with van der Waals surface area (Å²) in [5, 5.41) is 3.27. The molecular weight excluding hydrogens is 219 g/mol. The number of rotatable bonds is 8. The number of halogens is 3. The lowest BCUT2D eigenvalue weighted by molar-refractivity contribution is -0.214. The quantitative estimate of drug-likeness (QED) is 0.659. The molecule has 0 aliphatic heterocycles. The summed E-state index contributed by atoms with van der Waals surface area (Å²) in [5.41, 5.74) is 0. The minimum Gasteiger partial charge on any atom is -0.369 e. The van der Waals surface area contributed by atoms with Gasteiger partial charge in [0.1, 0.15) is 0 Å². The fraction of sp³-hybridized carbons (Fsp3) is 1.00. The molecule has 1 N–H and O–H groups in total. The first kappa shape index (κ1) is 15.7. The Balaban J connectivity index is 3.46. The number of hydrogen-bond donors (Lipinski definition) is 1. The predicted octanol–water partition coefficient (Wildman–Crippen LogP) is 3.12. The lowest BCUT2D eigenvalue weighted by Crippen LogP contribution is -2.30. The van der Waals surface area contributed by atoms with Crippen molar-refractivity contribution in [3.8, 4) is 0 Å². The second-order valence-corrected chi connectivity index (χ2v) is 4.05. The highest BCUT2D eigenvalue weighted by atomic mass is 19.4. The van der Waals surface area contributed by atoms with Crippen molar-refractivity contribution in [2.45, 2.75) is 58.4 Å². The summed E-state index contributed by atoms with van der Waals surface area (Å²) in [7, 11) is 0. The second kappa shape index (κ2) is 7.90. The summed E-state index contributed by atoms with van der Waals surface area (Å²) < 4.78 is 40.9. The van der Waals surface area contributed by atoms with Gasteiger partial charge in [0.25, 0.3) is 0 Å². The van der Waals surface area contributed by atoms with E-state index in [9.17, 15) is 13.2 Å². The fourth-order valence-electron chi connectivity index (χ4n) is 1.24. The molecule has 0 aliphatic carbocycles. The molecule has 0 aromatic heterocycles. The summed E-state index contributed by atoms with van der Waals surface area (Å²) >= 11 is 0. The number of alkyl halides is 3. The van der Waals surface area contributed by atoms with Crippen molar-refractivity contribution in [3.63, 3.8) is 0 Å². The highest BCUT2D eigenvalue weighted by molar-refractivity contribution is 4.62. The third kappa shape index (κ3) is 7.93. The molecule has 5 heteroatoms. The molecule has 0 saturated carbocycles. The molecule has 0 aromatic carbocycles. The van der Waals surface area contributed by atoms with Crippen molar-refractivity contribution in [2.24, 2.45) is 0 Å². The summed E-state index contributed by atoms with van der Waals surface area (Å²) in [6, 6.07) is 0.338. The van der Waals surface area contributed by atoms with Crippen molar-refractivity contribution in [2.75, 3.05) is 13.2 Å². The van der Waals surface area contributed by atoms with Gasteiger partial charge in [-0.05, 0) is 39.7 Å². The Labute approximate surface area is 95.5 Å². The molecule has 0 heterocycles. The minimum atomic E-state index is -4.24. The van der Waals surface area contributed by atoms with Crippen molar-refractivity contribution < 1.29 is 17.9 Å². The van der Waals surface area contributed by atoms with Crippen LogP contribution in [0.3, 0.4) is 0 Å². The van der Waals surface area contributed by atoms with Crippen LogP contribution in [-0.2, 0) is 4.74 Å². The Morgan fingerprint density at radius 2 is 1.88 bits per heavy atom. The van der Waals surface area contributed by atoms with E-state index in [1.54, 1.807) is 0 Å². The van der Waals surface area contributed by atoms with Crippen molar-refractivity contribution in [1.29, 1.82) is 0 Å². The maximum absolute atomic E-state index is 12.1. The largest absolute Gasteiger partial charge is 0.414 e. The van der Waals surface area contributed by atoms with Crippen LogP contribution in [0.5, 0.6) is 0 Å². The number of ether oxygens (including phenoxy) is 1. The molecule has 0 spiro atoms. The zero-order chi connectivity index (χ0) is 12.6. The van der Waals surface area contributed by atoms with E-state index in [1.165, 1.54) is 0 Å². The summed E-state index contributed by atoms with van der Waals surface area (Å²) in [6.45, 7) is 6.26. The molecule has 0 fully saturated rings. The molecule has 0 aromatic rings. The van der Waals surface area contributed by atoms with Gasteiger partial charge in [0.05, 0.1) is 0 Å². The van der Waals surface area contributed by atoms with E-state index in [2.05, 4.69) is 12.2 Å². The van der Waals surface area contributed by atoms with Crippen LogP contribution in [0.2, 0.25) is 0 Å². The van der Waals surface area contributed by atoms with Crippen molar-refractivity contribution in [1.82, 2.24) is 5.32 Å². The second-order valence-electron chi connectivity index (χ2n) is 4.05. The molecule has 2 atom stereocenters. The van der Waals surface area contributed by atoms with Gasteiger partial charge in [-0.15, -0.1) is 0 Å². The van der Waals surface area contributed by atoms with Crippen LogP contribution in [0, 0.1) is 0 Å². The van der Waals surface area contributed by atoms with Gasteiger partial charge >= 0.3 is 6.18 Å². The molecule has 0 amide bonds. The van der Waals surface area contributed by atoms with Crippen molar-refractivity contribution >= 4 is 0 Å². The molecule has 2 nitrogen and oxygen atoms in total. The Morgan fingerprint density at radius 1 is 1.25 bits per heavy atom. The van der Waals surface area contributed by atoms with Crippen LogP contribution in [0.25, 0.3) is 0 Å². The SMILES string of the molecule is CCCNC(C)CCCOC(C)C(F)(F)F. The first-order valence-electron chi connectivity index (χ1n) is 5.79. The number of nitrogens with one attached hydrogen (secondary N) is 1. The van der Waals surface area contributed by atoms with E-state index >= 15 is 0 Å². The normalized spacial score (nSPS) is 16.1. The zero-order valence-electron chi connectivity index (χ0n) is 10.2. The molecule has 0 aliphatic rings. The Bertz CT molecular complexity index is 173. The summed E-state index contributed by atoms with van der Waals surface area (Å²) in [6.07, 6.45) is -3.35. The molecular formula is C11H22F3NO. The van der Waals surface area contributed by atoms with E-state index in [-0.39, 0.29) is 6.61 Å². The molecule has 0 saturated heterocycles. The van der Waals surface area contributed by atoms with Gasteiger partial charge in [-0.1, -0.05) is 6.92 Å². The van der Waals surface area contributed by atoms with Crippen LogP contribution in [0.1, 0.15) is 40.0 Å². The number of hydrogen-bond acceptors (Lipinski definition) is 2. The monoisotopic (exact) mass is 241 g/mol. The standard InChI is InChI=1S/C11H22F3NO/c1-4-7-15-9(2)6-5-8-16-10(3)11(12,13)14/h9-10,15H,4-8H2,1-3H3. The zero-order valence-corrected chi connectivity index (χ0v) is 10.2. The van der Waals surface area contributed by atoms with Gasteiger partial charge < -0.3 is 10.1 Å². The molecule has 16 heavy (non-hydrogen) atoms. The van der Waals surface area contributed by atoms with Crippen molar-refractivity contribution in [3.05, 3.63) is 0 Å². The first-order valence-corrected chi connectivity index (χ1v) is 5.79. The molecule has 98 valence electrons. The predicted molar refractivity (Wildman–Crippen MR) is 58.5 cm³/mol. The average molecular weight is 241 g/mol. The minimum absolute atomic E-state index is 0.165. The van der Waals surface area contributed by atoms with Crippen LogP contribution in [-0.4, -0.2) is 31.5 Å². The Kier molecular flexibility index (Phi) is 7.76. The molecule has 0 bridgehead atoms. The lowest BCUT2D eigenvalue weighted by atomic mass is 10.2. The average Bonchev–Trinajstić information content (AvgIpc) is 2.19. The molecule has 0 rings (SSSR count). The third-order valence-electron chi connectivity index (χ3n) is 2.35. The highest BCUT2D eigenvalue weighted by Crippen LogP contribution is 2.22. The van der Waals surface area contributed by atoms with Crippen LogP contribution >= 0.6 is 0 Å². The van der Waals surface area contributed by atoms with Gasteiger partial charge in [0.15, 0.2) is 6.10 Å². The maximum atomic E-state index is 12.1. The van der Waals surface area contributed by atoms with Crippen LogP contribution < -0.4 is 5.32 Å². The molecule has 2 unspecified atom stereocenters. The third-order valence-corrected chi connectivity index (χ3v) is 2.35. The van der Waals surface area contributed by atoms with E-state index in [1.807, 2.05) is 6.92 Å². The van der Waals surface area contributed by atoms with Gasteiger partial charge in [-0.2, -0.15) is 13.2 Å². The summed E-state index contributed by atoms with van der Waals surface area (Å²) in [4.78, 5) is 0. The molecule has 0 radical (unpaired) electrons. The van der Waals surface area contributed by atoms with E-state index in [0.717, 1.165) is 26.3 Å². The van der Waals surface area contributed by atoms with E-state index in [4.69, 9.17) is 4.74 Å². The van der Waals surface area contributed by atoms with Gasteiger partial charge in [0.2, 0.25) is 0 Å². The Morgan fingerprint density at radius 3 is 2.38 bits per heavy atom. The van der Waals surface area contributed by atoms with Gasteiger partial charge in [0, 0.05) is 12.6 Å². The lowest BCUT2D eigenvalue weighted by Gasteiger charge is -2.17. The fourth-order valence-corrected chi connectivity index (χ4v) is 1.24. The van der Waals surface area contributed by atoms with E-state index in [0.29, 0.717) is 12.5 Å². The highest BCUT2D eigenvalue weighted by Gasteiger charge is 2.36. The topological polar surface area (TPSA) is 21.3 Å². The van der Waals surface area contributed by atoms with Gasteiger partial charge in [-0.3, -0.25) is 0 Å². The first-order chi connectivity index (χ1) is 7.38.